The molecule has 0 unspecified atom stereocenters. The first-order valence-electron chi connectivity index (χ1n) is 11.4. The van der Waals surface area contributed by atoms with Gasteiger partial charge in [-0.15, -0.1) is 0 Å². The van der Waals surface area contributed by atoms with Crippen LogP contribution in [0.1, 0.15) is 49.0 Å². The number of fused-ring (bicyclic) bond motifs is 1. The summed E-state index contributed by atoms with van der Waals surface area (Å²) in [5.74, 6) is 1.01. The van der Waals surface area contributed by atoms with Gasteiger partial charge in [0.15, 0.2) is 0 Å². The zero-order valence-electron chi connectivity index (χ0n) is 20.7. The molecule has 0 amide bonds. The molecule has 2 aromatic carbocycles. The molecule has 0 aliphatic heterocycles. The third-order valence-corrected chi connectivity index (χ3v) is 6.78. The van der Waals surface area contributed by atoms with E-state index in [2.05, 4.69) is 21.0 Å². The molecule has 2 aromatic heterocycles. The molecule has 0 saturated carbocycles. The molecule has 9 nitrogen and oxygen atoms in total. The van der Waals surface area contributed by atoms with E-state index in [4.69, 9.17) is 9.72 Å². The molecule has 1 atom stereocenters. The Kier molecular flexibility index (Phi) is 7.07. The molecule has 0 aliphatic carbocycles. The number of non-ortho nitro benzene ring substituents is 1. The Morgan fingerprint density at radius 1 is 1.22 bits per heavy atom. The maximum absolute atomic E-state index is 13.4. The van der Waals surface area contributed by atoms with Gasteiger partial charge < -0.3 is 9.30 Å². The highest BCUT2D eigenvalue weighted by Gasteiger charge is 2.18. The van der Waals surface area contributed by atoms with Crippen LogP contribution in [0.3, 0.4) is 0 Å². The molecule has 10 heteroatoms. The second kappa shape index (κ2) is 10.1. The van der Waals surface area contributed by atoms with E-state index in [-0.39, 0.29) is 17.2 Å². The number of methoxy groups -OCH3 is 1. The summed E-state index contributed by atoms with van der Waals surface area (Å²) in [6, 6.07) is 11.9. The number of nitrogens with zero attached hydrogens (tertiary/aromatic N) is 5. The summed E-state index contributed by atoms with van der Waals surface area (Å²) in [5, 5.41) is 16.3. The molecule has 0 spiro atoms. The van der Waals surface area contributed by atoms with E-state index in [1.54, 1.807) is 18.3 Å². The molecule has 4 aromatic rings. The first-order chi connectivity index (χ1) is 17.2. The molecule has 186 valence electrons. The summed E-state index contributed by atoms with van der Waals surface area (Å²) in [5.41, 5.74) is 3.55. The van der Waals surface area contributed by atoms with Crippen LogP contribution in [0.25, 0.3) is 16.6 Å². The lowest BCUT2D eigenvalue weighted by atomic mass is 10.1. The van der Waals surface area contributed by atoms with Gasteiger partial charge in [-0.1, -0.05) is 29.8 Å². The summed E-state index contributed by atoms with van der Waals surface area (Å²) < 4.78 is 9.56. The van der Waals surface area contributed by atoms with Gasteiger partial charge in [-0.3, -0.25) is 14.9 Å². The van der Waals surface area contributed by atoms with Crippen LogP contribution in [0, 0.1) is 24.0 Å². The van der Waals surface area contributed by atoms with Gasteiger partial charge in [0.05, 0.1) is 40.9 Å². The van der Waals surface area contributed by atoms with Crippen LogP contribution in [-0.2, 0) is 0 Å². The molecule has 0 saturated heterocycles. The first kappa shape index (κ1) is 25.3. The quantitative estimate of drug-likeness (QED) is 0.162. The monoisotopic (exact) mass is 551 g/mol. The zero-order valence-corrected chi connectivity index (χ0v) is 22.2. The largest absolute Gasteiger partial charge is 0.494 e. The summed E-state index contributed by atoms with van der Waals surface area (Å²) >= 11 is 3.43. The number of nitro benzene ring substituents is 1. The number of hydrogen-bond acceptors (Lipinski definition) is 6. The fourth-order valence-corrected chi connectivity index (χ4v) is 4.51. The second-order valence-corrected chi connectivity index (χ2v) is 9.49. The molecule has 0 N–H and O–H groups in total. The minimum atomic E-state index is -0.456. The third kappa shape index (κ3) is 4.56. The highest BCUT2D eigenvalue weighted by atomic mass is 79.9. The summed E-state index contributed by atoms with van der Waals surface area (Å²) in [4.78, 5) is 28.9. The summed E-state index contributed by atoms with van der Waals surface area (Å²) in [7, 11) is 1.48. The van der Waals surface area contributed by atoms with Crippen LogP contribution in [0.2, 0.25) is 0 Å². The zero-order chi connectivity index (χ0) is 26.1. The molecule has 0 bridgehead atoms. The SMILES string of the molecule is CC[C@@H](C)c1nc2ccc(Br)cc2c(=O)n1N=Cc1cc(C)n(-c2ccc([N+](=O)[O-])cc2OC)c1C. The van der Waals surface area contributed by atoms with Crippen molar-refractivity contribution in [2.75, 3.05) is 7.11 Å². The third-order valence-electron chi connectivity index (χ3n) is 6.28. The molecular formula is C26H26BrN5O4. The lowest BCUT2D eigenvalue weighted by molar-refractivity contribution is -0.384. The Balaban J connectivity index is 1.84. The average molecular weight is 552 g/mol. The average Bonchev–Trinajstić information content (AvgIpc) is 3.15. The number of benzene rings is 2. The number of aromatic nitrogens is 3. The summed E-state index contributed by atoms with van der Waals surface area (Å²) in [6.07, 6.45) is 2.45. The van der Waals surface area contributed by atoms with Crippen LogP contribution in [0.5, 0.6) is 5.75 Å². The Bertz CT molecular complexity index is 1570. The molecule has 0 fully saturated rings. The van der Waals surface area contributed by atoms with Gasteiger partial charge in [-0.05, 0) is 50.6 Å². The summed E-state index contributed by atoms with van der Waals surface area (Å²) in [6.45, 7) is 7.91. The van der Waals surface area contributed by atoms with E-state index in [0.29, 0.717) is 28.2 Å². The highest BCUT2D eigenvalue weighted by molar-refractivity contribution is 9.10. The predicted molar refractivity (Wildman–Crippen MR) is 144 cm³/mol. The van der Waals surface area contributed by atoms with Gasteiger partial charge in [-0.2, -0.15) is 9.78 Å². The van der Waals surface area contributed by atoms with Crippen LogP contribution < -0.4 is 10.3 Å². The van der Waals surface area contributed by atoms with E-state index < -0.39 is 4.92 Å². The van der Waals surface area contributed by atoms with Crippen molar-refractivity contribution >= 4 is 38.7 Å². The van der Waals surface area contributed by atoms with E-state index in [1.165, 1.54) is 23.9 Å². The maximum atomic E-state index is 13.4. The molecule has 0 radical (unpaired) electrons. The molecule has 0 aliphatic rings. The lowest BCUT2D eigenvalue weighted by Gasteiger charge is -2.14. The van der Waals surface area contributed by atoms with Gasteiger partial charge in [-0.25, -0.2) is 4.98 Å². The molecule has 36 heavy (non-hydrogen) atoms. The number of hydrogen-bond donors (Lipinski definition) is 0. The number of nitro groups is 1. The Morgan fingerprint density at radius 3 is 2.64 bits per heavy atom. The van der Waals surface area contributed by atoms with Crippen molar-refractivity contribution in [1.29, 1.82) is 0 Å². The van der Waals surface area contributed by atoms with Crippen LogP contribution in [-0.4, -0.2) is 32.5 Å². The minimum Gasteiger partial charge on any atom is -0.494 e. The fraction of sp³-hybridized carbons (Fsp3) is 0.269. The van der Waals surface area contributed by atoms with E-state index in [9.17, 15) is 14.9 Å². The molecule has 2 heterocycles. The predicted octanol–water partition coefficient (Wildman–Crippen LogP) is 5.88. The number of halogens is 1. The van der Waals surface area contributed by atoms with Gasteiger partial charge in [0, 0.05) is 33.4 Å². The Hall–Kier alpha value is -3.79. The van der Waals surface area contributed by atoms with Crippen molar-refractivity contribution in [3.63, 3.8) is 0 Å². The van der Waals surface area contributed by atoms with Gasteiger partial charge >= 0.3 is 0 Å². The Labute approximate surface area is 216 Å². The van der Waals surface area contributed by atoms with Crippen molar-refractivity contribution in [2.24, 2.45) is 5.10 Å². The second-order valence-electron chi connectivity index (χ2n) is 8.58. The highest BCUT2D eigenvalue weighted by Crippen LogP contribution is 2.31. The van der Waals surface area contributed by atoms with Crippen molar-refractivity contribution in [3.8, 4) is 11.4 Å². The van der Waals surface area contributed by atoms with Gasteiger partial charge in [0.1, 0.15) is 11.6 Å². The van der Waals surface area contributed by atoms with Crippen molar-refractivity contribution < 1.29 is 9.66 Å². The maximum Gasteiger partial charge on any atom is 0.282 e. The van der Waals surface area contributed by atoms with E-state index in [1.807, 2.05) is 50.5 Å². The number of rotatable bonds is 7. The lowest BCUT2D eigenvalue weighted by Crippen LogP contribution is -2.23. The van der Waals surface area contributed by atoms with Crippen LogP contribution >= 0.6 is 15.9 Å². The van der Waals surface area contributed by atoms with Crippen molar-refractivity contribution in [3.05, 3.63) is 90.2 Å². The number of ether oxygens (including phenoxy) is 1. The van der Waals surface area contributed by atoms with E-state index in [0.717, 1.165) is 27.8 Å². The van der Waals surface area contributed by atoms with Crippen LogP contribution in [0.15, 0.2) is 56.8 Å². The van der Waals surface area contributed by atoms with Crippen LogP contribution in [0.4, 0.5) is 5.69 Å². The van der Waals surface area contributed by atoms with Gasteiger partial charge in [0.25, 0.3) is 11.2 Å². The van der Waals surface area contributed by atoms with Gasteiger partial charge in [0.2, 0.25) is 0 Å². The molecular weight excluding hydrogens is 526 g/mol. The van der Waals surface area contributed by atoms with Crippen molar-refractivity contribution in [1.82, 2.24) is 14.2 Å². The Morgan fingerprint density at radius 2 is 1.97 bits per heavy atom. The smallest absolute Gasteiger partial charge is 0.282 e. The first-order valence-corrected chi connectivity index (χ1v) is 12.2. The number of aryl methyl sites for hydroxylation is 1. The minimum absolute atomic E-state index is 0.0275. The standard InChI is InChI=1S/C26H26BrN5O4/c1-6-15(2)25-29-22-9-7-19(27)12-21(22)26(33)31(25)28-14-18-11-16(3)30(17(18)4)23-10-8-20(32(34)35)13-24(23)36-5/h7-15H,6H2,1-5H3/t15-/m1/s1. The van der Waals surface area contributed by atoms with E-state index >= 15 is 0 Å². The topological polar surface area (TPSA) is 105 Å². The van der Waals surface area contributed by atoms with Crippen molar-refractivity contribution in [2.45, 2.75) is 40.0 Å². The fourth-order valence-electron chi connectivity index (χ4n) is 4.15. The molecule has 4 rings (SSSR count). The normalized spacial score (nSPS) is 12.4.